The number of carbonyl (C=O) groups excluding carboxylic acids is 1. The highest BCUT2D eigenvalue weighted by Gasteiger charge is 2.10. The lowest BCUT2D eigenvalue weighted by atomic mass is 10.0. The lowest BCUT2D eigenvalue weighted by molar-refractivity contribution is 0.0734. The molecule has 0 N–H and O–H groups in total. The maximum Gasteiger partial charge on any atom is 0.343 e. The van der Waals surface area contributed by atoms with Gasteiger partial charge in [0, 0.05) is 11.8 Å². The van der Waals surface area contributed by atoms with Crippen LogP contribution in [0.4, 0.5) is 0 Å². The molecular formula is C26H27ClO4. The van der Waals surface area contributed by atoms with Crippen molar-refractivity contribution < 1.29 is 19.0 Å². The van der Waals surface area contributed by atoms with Crippen molar-refractivity contribution in [3.05, 3.63) is 78.4 Å². The molecule has 3 aromatic carbocycles. The first kappa shape index (κ1) is 22.7. The molecule has 0 aliphatic carbocycles. The number of rotatable bonds is 9. The Bertz CT molecular complexity index is 964. The van der Waals surface area contributed by atoms with E-state index in [4.69, 9.17) is 25.8 Å². The Morgan fingerprint density at radius 2 is 1.32 bits per heavy atom. The average molecular weight is 439 g/mol. The van der Waals surface area contributed by atoms with Gasteiger partial charge < -0.3 is 14.2 Å². The predicted octanol–water partition coefficient (Wildman–Crippen LogP) is 6.76. The van der Waals surface area contributed by atoms with E-state index in [1.54, 1.807) is 36.4 Å². The molecular weight excluding hydrogens is 412 g/mol. The van der Waals surface area contributed by atoms with Gasteiger partial charge in [-0.3, -0.25) is 0 Å². The van der Waals surface area contributed by atoms with Gasteiger partial charge in [0.25, 0.3) is 0 Å². The standard InChI is InChI=1S/C26H27ClO4/c1-4-29-23-13-15-25(16-14-23)31-26(28)22-7-5-20(6-8-22)21-9-11-24(12-10-21)30-19(3)17-18(2)27/h5-16,18-19H,4,17H2,1-3H3/t18-,19-/m0/s1. The summed E-state index contributed by atoms with van der Waals surface area (Å²) in [6.07, 6.45) is 0.844. The van der Waals surface area contributed by atoms with Crippen LogP contribution in [-0.4, -0.2) is 24.1 Å². The molecule has 4 nitrogen and oxygen atoms in total. The Morgan fingerprint density at radius 1 is 0.806 bits per heavy atom. The van der Waals surface area contributed by atoms with E-state index in [0.29, 0.717) is 17.9 Å². The van der Waals surface area contributed by atoms with Gasteiger partial charge in [0.05, 0.1) is 18.3 Å². The molecule has 0 aliphatic rings. The van der Waals surface area contributed by atoms with Crippen molar-refractivity contribution in [2.75, 3.05) is 6.61 Å². The van der Waals surface area contributed by atoms with Gasteiger partial charge in [-0.15, -0.1) is 11.6 Å². The number of ether oxygens (including phenoxy) is 3. The Morgan fingerprint density at radius 3 is 1.87 bits per heavy atom. The summed E-state index contributed by atoms with van der Waals surface area (Å²) >= 11 is 6.02. The van der Waals surface area contributed by atoms with E-state index in [1.165, 1.54) is 0 Å². The van der Waals surface area contributed by atoms with Crippen LogP contribution in [0.5, 0.6) is 17.2 Å². The minimum Gasteiger partial charge on any atom is -0.494 e. The highest BCUT2D eigenvalue weighted by molar-refractivity contribution is 6.20. The van der Waals surface area contributed by atoms with Gasteiger partial charge in [-0.2, -0.15) is 0 Å². The van der Waals surface area contributed by atoms with Crippen molar-refractivity contribution in [1.82, 2.24) is 0 Å². The molecule has 0 aliphatic heterocycles. The molecule has 3 rings (SSSR count). The molecule has 0 saturated heterocycles. The Kier molecular flexibility index (Phi) is 7.96. The lowest BCUT2D eigenvalue weighted by Gasteiger charge is -2.16. The fourth-order valence-electron chi connectivity index (χ4n) is 3.20. The molecule has 0 radical (unpaired) electrons. The van der Waals surface area contributed by atoms with Crippen LogP contribution in [0.25, 0.3) is 11.1 Å². The van der Waals surface area contributed by atoms with Gasteiger partial charge in [0.2, 0.25) is 0 Å². The van der Waals surface area contributed by atoms with Crippen LogP contribution in [0.3, 0.4) is 0 Å². The molecule has 0 heterocycles. The third kappa shape index (κ3) is 6.76. The Labute approximate surface area is 188 Å². The molecule has 162 valence electrons. The second kappa shape index (κ2) is 10.9. The van der Waals surface area contributed by atoms with E-state index >= 15 is 0 Å². The van der Waals surface area contributed by atoms with Crippen LogP contribution in [0.1, 0.15) is 37.6 Å². The minimum atomic E-state index is -0.401. The van der Waals surface area contributed by atoms with Gasteiger partial charge in [0.15, 0.2) is 0 Å². The normalized spacial score (nSPS) is 12.6. The van der Waals surface area contributed by atoms with Gasteiger partial charge in [-0.1, -0.05) is 24.3 Å². The topological polar surface area (TPSA) is 44.8 Å². The minimum absolute atomic E-state index is 0.0546. The maximum absolute atomic E-state index is 12.4. The van der Waals surface area contributed by atoms with E-state index in [0.717, 1.165) is 29.0 Å². The number of carbonyl (C=O) groups is 1. The van der Waals surface area contributed by atoms with Crippen molar-refractivity contribution in [3.8, 4) is 28.4 Å². The first-order chi connectivity index (χ1) is 14.9. The fourth-order valence-corrected chi connectivity index (χ4v) is 3.45. The van der Waals surface area contributed by atoms with Crippen LogP contribution in [0, 0.1) is 0 Å². The summed E-state index contributed by atoms with van der Waals surface area (Å²) in [5.74, 6) is 1.63. The Hall–Kier alpha value is -2.98. The van der Waals surface area contributed by atoms with Crippen LogP contribution < -0.4 is 14.2 Å². The monoisotopic (exact) mass is 438 g/mol. The number of esters is 1. The molecule has 0 aromatic heterocycles. The summed E-state index contributed by atoms with van der Waals surface area (Å²) in [6, 6.07) is 22.2. The first-order valence-electron chi connectivity index (χ1n) is 10.4. The average Bonchev–Trinajstić information content (AvgIpc) is 2.75. The van der Waals surface area contributed by atoms with Crippen LogP contribution in [0.2, 0.25) is 0 Å². The molecule has 2 atom stereocenters. The smallest absolute Gasteiger partial charge is 0.343 e. The van der Waals surface area contributed by atoms with Gasteiger partial charge >= 0.3 is 5.97 Å². The zero-order valence-corrected chi connectivity index (χ0v) is 18.8. The van der Waals surface area contributed by atoms with Crippen molar-refractivity contribution in [1.29, 1.82) is 0 Å². The predicted molar refractivity (Wildman–Crippen MR) is 124 cm³/mol. The molecule has 0 spiro atoms. The number of alkyl halides is 1. The molecule has 31 heavy (non-hydrogen) atoms. The van der Waals surface area contributed by atoms with Gasteiger partial charge in [-0.25, -0.2) is 4.79 Å². The van der Waals surface area contributed by atoms with E-state index in [-0.39, 0.29) is 11.5 Å². The van der Waals surface area contributed by atoms with E-state index < -0.39 is 5.97 Å². The summed E-state index contributed by atoms with van der Waals surface area (Å²) in [6.45, 7) is 6.48. The van der Waals surface area contributed by atoms with E-state index in [2.05, 4.69) is 0 Å². The number of halogens is 1. The maximum atomic E-state index is 12.4. The van der Waals surface area contributed by atoms with Crippen molar-refractivity contribution >= 4 is 17.6 Å². The summed E-state index contributed by atoms with van der Waals surface area (Å²) in [5.41, 5.74) is 2.53. The number of benzene rings is 3. The summed E-state index contributed by atoms with van der Waals surface area (Å²) < 4.78 is 16.7. The molecule has 0 saturated carbocycles. The van der Waals surface area contributed by atoms with Crippen molar-refractivity contribution in [3.63, 3.8) is 0 Å². The first-order valence-corrected chi connectivity index (χ1v) is 10.8. The van der Waals surface area contributed by atoms with Crippen LogP contribution in [-0.2, 0) is 0 Å². The molecule has 0 unspecified atom stereocenters. The lowest BCUT2D eigenvalue weighted by Crippen LogP contribution is -2.15. The Balaban J connectivity index is 1.60. The van der Waals surface area contributed by atoms with Crippen LogP contribution >= 0.6 is 11.6 Å². The molecule has 0 bridgehead atoms. The fraction of sp³-hybridized carbons (Fsp3) is 0.269. The number of hydrogen-bond acceptors (Lipinski definition) is 4. The summed E-state index contributed by atoms with van der Waals surface area (Å²) in [5, 5.41) is 0.0777. The van der Waals surface area contributed by atoms with Gasteiger partial charge in [0.1, 0.15) is 17.2 Å². The SMILES string of the molecule is CCOc1ccc(OC(=O)c2ccc(-c3ccc(O[C@@H](C)C[C@H](C)Cl)cc3)cc2)cc1. The zero-order chi connectivity index (χ0) is 22.2. The second-order valence-corrected chi connectivity index (χ2v) is 8.09. The third-order valence-electron chi connectivity index (χ3n) is 4.65. The van der Waals surface area contributed by atoms with Crippen LogP contribution in [0.15, 0.2) is 72.8 Å². The van der Waals surface area contributed by atoms with Crippen molar-refractivity contribution in [2.24, 2.45) is 0 Å². The van der Waals surface area contributed by atoms with Gasteiger partial charge in [-0.05, 0) is 80.4 Å². The second-order valence-electron chi connectivity index (χ2n) is 7.34. The van der Waals surface area contributed by atoms with Crippen molar-refractivity contribution in [2.45, 2.75) is 38.7 Å². The molecule has 0 amide bonds. The van der Waals surface area contributed by atoms with E-state index in [9.17, 15) is 4.79 Å². The highest BCUT2D eigenvalue weighted by Crippen LogP contribution is 2.25. The van der Waals surface area contributed by atoms with E-state index in [1.807, 2.05) is 57.2 Å². The molecule has 5 heteroatoms. The molecule has 3 aromatic rings. The zero-order valence-electron chi connectivity index (χ0n) is 18.0. The summed E-state index contributed by atoms with van der Waals surface area (Å²) in [7, 11) is 0. The quantitative estimate of drug-likeness (QED) is 0.210. The largest absolute Gasteiger partial charge is 0.494 e. The third-order valence-corrected chi connectivity index (χ3v) is 4.83. The number of hydrogen-bond donors (Lipinski definition) is 0. The summed E-state index contributed by atoms with van der Waals surface area (Å²) in [4.78, 5) is 12.4. The molecule has 0 fully saturated rings. The highest BCUT2D eigenvalue weighted by atomic mass is 35.5.